The van der Waals surface area contributed by atoms with Crippen LogP contribution in [0.25, 0.3) is 11.3 Å². The van der Waals surface area contributed by atoms with Crippen molar-refractivity contribution in [3.05, 3.63) is 52.1 Å². The largest absolute Gasteiger partial charge is 0.310 e. The zero-order valence-corrected chi connectivity index (χ0v) is 10.4. The van der Waals surface area contributed by atoms with Crippen LogP contribution in [0.1, 0.15) is 37.1 Å². The molecule has 1 saturated carbocycles. The fourth-order valence-corrected chi connectivity index (χ4v) is 2.13. The van der Waals surface area contributed by atoms with E-state index in [0.717, 1.165) is 36.3 Å². The van der Waals surface area contributed by atoms with Crippen LogP contribution in [0.4, 0.5) is 0 Å². The summed E-state index contributed by atoms with van der Waals surface area (Å²) in [7, 11) is 0. The molecule has 18 heavy (non-hydrogen) atoms. The molecule has 92 valence electrons. The summed E-state index contributed by atoms with van der Waals surface area (Å²) in [6.07, 6.45) is 3.27. The van der Waals surface area contributed by atoms with Crippen molar-refractivity contribution >= 4 is 0 Å². The Morgan fingerprint density at radius 1 is 1.33 bits per heavy atom. The molecule has 2 aromatic rings. The molecule has 1 N–H and O–H groups in total. The van der Waals surface area contributed by atoms with E-state index in [1.54, 1.807) is 6.07 Å². The Labute approximate surface area is 106 Å². The first-order chi connectivity index (χ1) is 8.76. The summed E-state index contributed by atoms with van der Waals surface area (Å²) in [5.74, 6) is 1.31. The topological polar surface area (TPSA) is 45.8 Å². The second-order valence-corrected chi connectivity index (χ2v) is 4.84. The summed E-state index contributed by atoms with van der Waals surface area (Å²) in [5, 5.41) is 0. The second kappa shape index (κ2) is 4.41. The van der Waals surface area contributed by atoms with Gasteiger partial charge in [0.05, 0.1) is 5.69 Å². The number of nitrogens with one attached hydrogen (secondary N) is 1. The summed E-state index contributed by atoms with van der Waals surface area (Å²) in [5.41, 5.74) is 3.03. The van der Waals surface area contributed by atoms with E-state index in [1.165, 1.54) is 5.56 Å². The first kappa shape index (κ1) is 11.2. The zero-order valence-electron chi connectivity index (χ0n) is 10.4. The van der Waals surface area contributed by atoms with Crippen molar-refractivity contribution in [2.45, 2.75) is 32.1 Å². The number of H-pyrrole nitrogens is 1. The summed E-state index contributed by atoms with van der Waals surface area (Å²) in [6.45, 7) is 2.12. The molecule has 1 aromatic heterocycles. The Hall–Kier alpha value is -1.90. The minimum Gasteiger partial charge on any atom is -0.310 e. The highest BCUT2D eigenvalue weighted by atomic mass is 16.1. The standard InChI is InChI=1S/C15H16N2O/c1-2-10-4-3-5-12(8-10)13-9-14(18)17-15(16-13)11-6-7-11/h3-5,8-9,11H,2,6-7H2,1H3,(H,16,17,18). The van der Waals surface area contributed by atoms with Crippen LogP contribution in [0.15, 0.2) is 35.1 Å². The Morgan fingerprint density at radius 3 is 2.89 bits per heavy atom. The van der Waals surface area contributed by atoms with Crippen molar-refractivity contribution in [3.63, 3.8) is 0 Å². The molecule has 0 spiro atoms. The lowest BCUT2D eigenvalue weighted by molar-refractivity contribution is 0.912. The van der Waals surface area contributed by atoms with Crippen molar-refractivity contribution in [1.82, 2.24) is 9.97 Å². The van der Waals surface area contributed by atoms with Gasteiger partial charge in [-0.25, -0.2) is 4.98 Å². The fraction of sp³-hybridized carbons (Fsp3) is 0.333. The normalized spacial score (nSPS) is 14.7. The molecule has 0 radical (unpaired) electrons. The zero-order chi connectivity index (χ0) is 12.5. The maximum absolute atomic E-state index is 11.7. The SMILES string of the molecule is CCc1cccc(-c2cc(=O)[nH]c(C3CC3)n2)c1. The molecule has 3 rings (SSSR count). The molecule has 0 aliphatic heterocycles. The maximum atomic E-state index is 11.7. The summed E-state index contributed by atoms with van der Waals surface area (Å²) in [6, 6.07) is 9.82. The lowest BCUT2D eigenvalue weighted by atomic mass is 10.1. The van der Waals surface area contributed by atoms with Crippen LogP contribution in [0.5, 0.6) is 0 Å². The van der Waals surface area contributed by atoms with Crippen molar-refractivity contribution in [1.29, 1.82) is 0 Å². The molecular weight excluding hydrogens is 224 g/mol. The van der Waals surface area contributed by atoms with Crippen LogP contribution in [-0.4, -0.2) is 9.97 Å². The number of benzene rings is 1. The monoisotopic (exact) mass is 240 g/mol. The van der Waals surface area contributed by atoms with E-state index in [2.05, 4.69) is 29.0 Å². The summed E-state index contributed by atoms with van der Waals surface area (Å²) < 4.78 is 0. The van der Waals surface area contributed by atoms with Crippen LogP contribution >= 0.6 is 0 Å². The van der Waals surface area contributed by atoms with Gasteiger partial charge in [0.2, 0.25) is 0 Å². The van der Waals surface area contributed by atoms with E-state index in [1.807, 2.05) is 12.1 Å². The third-order valence-electron chi connectivity index (χ3n) is 3.36. The molecule has 0 amide bonds. The van der Waals surface area contributed by atoms with E-state index in [4.69, 9.17) is 0 Å². The van der Waals surface area contributed by atoms with Gasteiger partial charge in [0.15, 0.2) is 0 Å². The Kier molecular flexibility index (Phi) is 2.74. The lowest BCUT2D eigenvalue weighted by Crippen LogP contribution is -2.10. The van der Waals surface area contributed by atoms with Gasteiger partial charge in [-0.05, 0) is 30.9 Å². The summed E-state index contributed by atoms with van der Waals surface area (Å²) >= 11 is 0. The average Bonchev–Trinajstić information content (AvgIpc) is 3.22. The highest BCUT2D eigenvalue weighted by Crippen LogP contribution is 2.37. The fourth-order valence-electron chi connectivity index (χ4n) is 2.13. The molecule has 0 atom stereocenters. The molecule has 3 heteroatoms. The van der Waals surface area contributed by atoms with Gasteiger partial charge in [0, 0.05) is 17.5 Å². The van der Waals surface area contributed by atoms with Gasteiger partial charge in [-0.1, -0.05) is 25.1 Å². The summed E-state index contributed by atoms with van der Waals surface area (Å²) in [4.78, 5) is 19.1. The first-order valence-corrected chi connectivity index (χ1v) is 6.47. The van der Waals surface area contributed by atoms with Gasteiger partial charge < -0.3 is 4.98 Å². The molecule has 0 unspecified atom stereocenters. The van der Waals surface area contributed by atoms with Crippen molar-refractivity contribution in [2.75, 3.05) is 0 Å². The molecule has 1 aliphatic rings. The third-order valence-corrected chi connectivity index (χ3v) is 3.36. The third kappa shape index (κ3) is 2.21. The van der Waals surface area contributed by atoms with Crippen LogP contribution in [0, 0.1) is 0 Å². The number of nitrogens with zero attached hydrogens (tertiary/aromatic N) is 1. The van der Waals surface area contributed by atoms with Gasteiger partial charge in [0.1, 0.15) is 5.82 Å². The lowest BCUT2D eigenvalue weighted by Gasteiger charge is -2.05. The maximum Gasteiger partial charge on any atom is 0.251 e. The highest BCUT2D eigenvalue weighted by Gasteiger charge is 2.26. The van der Waals surface area contributed by atoms with Crippen LogP contribution < -0.4 is 5.56 Å². The van der Waals surface area contributed by atoms with Crippen LogP contribution in [0.3, 0.4) is 0 Å². The number of aromatic amines is 1. The minimum absolute atomic E-state index is 0.0520. The number of rotatable bonds is 3. The molecular formula is C15H16N2O. The quantitative estimate of drug-likeness (QED) is 0.896. The smallest absolute Gasteiger partial charge is 0.251 e. The number of aromatic nitrogens is 2. The molecule has 3 nitrogen and oxygen atoms in total. The molecule has 1 fully saturated rings. The average molecular weight is 240 g/mol. The number of hydrogen-bond donors (Lipinski definition) is 1. The van der Waals surface area contributed by atoms with Gasteiger partial charge in [-0.2, -0.15) is 0 Å². The van der Waals surface area contributed by atoms with Gasteiger partial charge >= 0.3 is 0 Å². The molecule has 1 heterocycles. The van der Waals surface area contributed by atoms with E-state index < -0.39 is 0 Å². The van der Waals surface area contributed by atoms with Gasteiger partial charge in [-0.3, -0.25) is 4.79 Å². The van der Waals surface area contributed by atoms with Gasteiger partial charge in [-0.15, -0.1) is 0 Å². The number of hydrogen-bond acceptors (Lipinski definition) is 2. The predicted octanol–water partition coefficient (Wildman–Crippen LogP) is 2.88. The second-order valence-electron chi connectivity index (χ2n) is 4.84. The van der Waals surface area contributed by atoms with E-state index >= 15 is 0 Å². The first-order valence-electron chi connectivity index (χ1n) is 6.47. The van der Waals surface area contributed by atoms with Crippen molar-refractivity contribution in [3.8, 4) is 11.3 Å². The Bertz CT molecular complexity index is 626. The molecule has 1 aliphatic carbocycles. The van der Waals surface area contributed by atoms with Crippen LogP contribution in [0.2, 0.25) is 0 Å². The highest BCUT2D eigenvalue weighted by molar-refractivity contribution is 5.59. The van der Waals surface area contributed by atoms with Crippen molar-refractivity contribution in [2.24, 2.45) is 0 Å². The predicted molar refractivity (Wildman–Crippen MR) is 71.6 cm³/mol. The molecule has 0 saturated heterocycles. The van der Waals surface area contributed by atoms with Gasteiger partial charge in [0.25, 0.3) is 5.56 Å². The minimum atomic E-state index is -0.0520. The van der Waals surface area contributed by atoms with Crippen molar-refractivity contribution < 1.29 is 0 Å². The van der Waals surface area contributed by atoms with E-state index in [-0.39, 0.29) is 5.56 Å². The Morgan fingerprint density at radius 2 is 2.17 bits per heavy atom. The molecule has 1 aromatic carbocycles. The Balaban J connectivity index is 2.06. The molecule has 0 bridgehead atoms. The van der Waals surface area contributed by atoms with E-state index in [9.17, 15) is 4.79 Å². The van der Waals surface area contributed by atoms with Crippen LogP contribution in [-0.2, 0) is 6.42 Å². The van der Waals surface area contributed by atoms with E-state index in [0.29, 0.717) is 5.92 Å². The number of aryl methyl sites for hydroxylation is 1.